The predicted octanol–water partition coefficient (Wildman–Crippen LogP) is 2.75. The molecular formula is C18H29F2IN4O. The van der Waals surface area contributed by atoms with Crippen LogP contribution in [0.15, 0.2) is 23.2 Å². The summed E-state index contributed by atoms with van der Waals surface area (Å²) in [4.78, 5) is 6.76. The molecule has 0 aromatic heterocycles. The number of halogens is 3. The number of rotatable bonds is 6. The molecule has 0 radical (unpaired) electrons. The van der Waals surface area contributed by atoms with Crippen LogP contribution in [0.5, 0.6) is 0 Å². The molecule has 0 bridgehead atoms. The number of benzene rings is 1. The Kier molecular flexibility index (Phi) is 10.3. The van der Waals surface area contributed by atoms with E-state index in [1.807, 2.05) is 6.92 Å². The lowest BCUT2D eigenvalue weighted by Crippen LogP contribution is -2.53. The maximum atomic E-state index is 13.7. The average Bonchev–Trinajstić information content (AvgIpc) is 2.60. The molecule has 2 rings (SSSR count). The largest absolute Gasteiger partial charge is 0.379 e. The number of morpholine rings is 1. The second-order valence-corrected chi connectivity index (χ2v) is 6.32. The van der Waals surface area contributed by atoms with Gasteiger partial charge in [0.15, 0.2) is 5.96 Å². The minimum Gasteiger partial charge on any atom is -0.379 e. The number of hydrogen-bond donors (Lipinski definition) is 2. The van der Waals surface area contributed by atoms with Crippen LogP contribution >= 0.6 is 24.0 Å². The molecule has 0 spiro atoms. The molecule has 0 saturated carbocycles. The van der Waals surface area contributed by atoms with E-state index < -0.39 is 11.6 Å². The third-order valence-electron chi connectivity index (χ3n) is 4.31. The molecule has 1 heterocycles. The third kappa shape index (κ3) is 6.96. The number of aliphatic imine (C=N–C) groups is 1. The molecular weight excluding hydrogens is 453 g/mol. The fraction of sp³-hybridized carbons (Fsp3) is 0.611. The second kappa shape index (κ2) is 11.7. The SMILES string of the molecule is CCNC(=NCc1cc(F)ccc1F)NCC(C)N1CCOCC1C.I. The molecule has 148 valence electrons. The van der Waals surface area contributed by atoms with Crippen molar-refractivity contribution >= 4 is 29.9 Å². The maximum absolute atomic E-state index is 13.7. The van der Waals surface area contributed by atoms with E-state index in [9.17, 15) is 8.78 Å². The zero-order chi connectivity index (χ0) is 18.2. The number of nitrogens with zero attached hydrogens (tertiary/aromatic N) is 2. The lowest BCUT2D eigenvalue weighted by Gasteiger charge is -2.38. The Hall–Kier alpha value is -1.00. The van der Waals surface area contributed by atoms with E-state index in [2.05, 4.69) is 34.4 Å². The maximum Gasteiger partial charge on any atom is 0.191 e. The highest BCUT2D eigenvalue weighted by atomic mass is 127. The standard InChI is InChI=1S/C18H28F2N4O.HI/c1-4-21-18(23-11-15-9-16(19)5-6-17(15)20)22-10-13(2)24-7-8-25-12-14(24)3;/h5-6,9,13-14H,4,7-8,10-12H2,1-3H3,(H2,21,22,23);1H. The number of ether oxygens (including phenoxy) is 1. The van der Waals surface area contributed by atoms with E-state index in [0.717, 1.165) is 31.9 Å². The average molecular weight is 482 g/mol. The van der Waals surface area contributed by atoms with Gasteiger partial charge in [-0.1, -0.05) is 0 Å². The van der Waals surface area contributed by atoms with Gasteiger partial charge in [0.1, 0.15) is 11.6 Å². The fourth-order valence-electron chi connectivity index (χ4n) is 2.93. The van der Waals surface area contributed by atoms with Gasteiger partial charge in [-0.05, 0) is 39.0 Å². The Labute approximate surface area is 171 Å². The summed E-state index contributed by atoms with van der Waals surface area (Å²) >= 11 is 0. The lowest BCUT2D eigenvalue weighted by atomic mass is 10.2. The number of nitrogens with one attached hydrogen (secondary N) is 2. The molecule has 26 heavy (non-hydrogen) atoms. The Balaban J connectivity index is 0.00000338. The first-order valence-electron chi connectivity index (χ1n) is 8.80. The van der Waals surface area contributed by atoms with Gasteiger partial charge in [0.25, 0.3) is 0 Å². The van der Waals surface area contributed by atoms with E-state index in [0.29, 0.717) is 31.1 Å². The molecule has 8 heteroatoms. The summed E-state index contributed by atoms with van der Waals surface area (Å²) in [5, 5.41) is 6.42. The van der Waals surface area contributed by atoms with E-state index in [1.165, 1.54) is 6.07 Å². The summed E-state index contributed by atoms with van der Waals surface area (Å²) in [6, 6.07) is 4.11. The van der Waals surface area contributed by atoms with Crippen molar-refractivity contribution < 1.29 is 13.5 Å². The van der Waals surface area contributed by atoms with Crippen molar-refractivity contribution in [3.05, 3.63) is 35.4 Å². The molecule has 0 amide bonds. The first-order chi connectivity index (χ1) is 12.0. The van der Waals surface area contributed by atoms with Crippen LogP contribution in [0.4, 0.5) is 8.78 Å². The monoisotopic (exact) mass is 482 g/mol. The highest BCUT2D eigenvalue weighted by Gasteiger charge is 2.23. The van der Waals surface area contributed by atoms with Crippen LogP contribution in [0.1, 0.15) is 26.3 Å². The zero-order valence-electron chi connectivity index (χ0n) is 15.6. The van der Waals surface area contributed by atoms with Crippen LogP contribution in [0.25, 0.3) is 0 Å². The van der Waals surface area contributed by atoms with Crippen molar-refractivity contribution in [2.45, 2.75) is 39.4 Å². The van der Waals surface area contributed by atoms with Crippen molar-refractivity contribution in [1.29, 1.82) is 0 Å². The zero-order valence-corrected chi connectivity index (χ0v) is 17.9. The van der Waals surface area contributed by atoms with Crippen LogP contribution in [-0.4, -0.2) is 55.8 Å². The van der Waals surface area contributed by atoms with E-state index >= 15 is 0 Å². The Morgan fingerprint density at radius 2 is 2.15 bits per heavy atom. The third-order valence-corrected chi connectivity index (χ3v) is 4.31. The first kappa shape index (κ1) is 23.0. The van der Waals surface area contributed by atoms with Crippen LogP contribution in [0.3, 0.4) is 0 Å². The summed E-state index contributed by atoms with van der Waals surface area (Å²) in [5.41, 5.74) is 0.243. The molecule has 5 nitrogen and oxygen atoms in total. The van der Waals surface area contributed by atoms with Gasteiger partial charge in [-0.3, -0.25) is 4.90 Å². The van der Waals surface area contributed by atoms with Crippen LogP contribution in [0.2, 0.25) is 0 Å². The highest BCUT2D eigenvalue weighted by Crippen LogP contribution is 2.11. The van der Waals surface area contributed by atoms with Gasteiger partial charge < -0.3 is 15.4 Å². The second-order valence-electron chi connectivity index (χ2n) is 6.32. The van der Waals surface area contributed by atoms with Gasteiger partial charge in [0.2, 0.25) is 0 Å². The van der Waals surface area contributed by atoms with Crippen molar-refractivity contribution in [3.8, 4) is 0 Å². The fourth-order valence-corrected chi connectivity index (χ4v) is 2.93. The minimum atomic E-state index is -0.459. The molecule has 1 aliphatic heterocycles. The lowest BCUT2D eigenvalue weighted by molar-refractivity contribution is -0.0174. The predicted molar refractivity (Wildman–Crippen MR) is 111 cm³/mol. The number of guanidine groups is 1. The van der Waals surface area contributed by atoms with Crippen LogP contribution in [0, 0.1) is 11.6 Å². The van der Waals surface area contributed by atoms with Gasteiger partial charge in [0.05, 0.1) is 19.8 Å². The van der Waals surface area contributed by atoms with Gasteiger partial charge in [-0.2, -0.15) is 0 Å². The molecule has 1 fully saturated rings. The summed E-state index contributed by atoms with van der Waals surface area (Å²) in [6.07, 6.45) is 0. The molecule has 2 unspecified atom stereocenters. The summed E-state index contributed by atoms with van der Waals surface area (Å²) in [6.45, 7) is 10.2. The summed E-state index contributed by atoms with van der Waals surface area (Å²) in [7, 11) is 0. The summed E-state index contributed by atoms with van der Waals surface area (Å²) < 4.78 is 32.4. The minimum absolute atomic E-state index is 0. The normalized spacial score (nSPS) is 19.6. The topological polar surface area (TPSA) is 48.9 Å². The smallest absolute Gasteiger partial charge is 0.191 e. The van der Waals surface area contributed by atoms with Gasteiger partial charge in [-0.25, -0.2) is 13.8 Å². The molecule has 0 aliphatic carbocycles. The van der Waals surface area contributed by atoms with E-state index in [-0.39, 0.29) is 36.1 Å². The quantitative estimate of drug-likeness (QED) is 0.372. The van der Waals surface area contributed by atoms with Gasteiger partial charge in [0, 0.05) is 37.3 Å². The molecule has 2 N–H and O–H groups in total. The Morgan fingerprint density at radius 3 is 2.85 bits per heavy atom. The van der Waals surface area contributed by atoms with Crippen molar-refractivity contribution in [3.63, 3.8) is 0 Å². The van der Waals surface area contributed by atoms with Crippen molar-refractivity contribution in [2.75, 3.05) is 32.8 Å². The van der Waals surface area contributed by atoms with Gasteiger partial charge >= 0.3 is 0 Å². The summed E-state index contributed by atoms with van der Waals surface area (Å²) in [5.74, 6) is -0.310. The van der Waals surface area contributed by atoms with Crippen LogP contribution < -0.4 is 10.6 Å². The first-order valence-corrected chi connectivity index (χ1v) is 8.80. The molecule has 1 aromatic carbocycles. The highest BCUT2D eigenvalue weighted by molar-refractivity contribution is 14.0. The molecule has 1 aliphatic rings. The van der Waals surface area contributed by atoms with Crippen LogP contribution in [-0.2, 0) is 11.3 Å². The molecule has 2 atom stereocenters. The number of hydrogen-bond acceptors (Lipinski definition) is 3. The van der Waals surface area contributed by atoms with Crippen molar-refractivity contribution in [1.82, 2.24) is 15.5 Å². The molecule has 1 aromatic rings. The van der Waals surface area contributed by atoms with E-state index in [1.54, 1.807) is 0 Å². The van der Waals surface area contributed by atoms with E-state index in [4.69, 9.17) is 4.74 Å². The Morgan fingerprint density at radius 1 is 1.38 bits per heavy atom. The van der Waals surface area contributed by atoms with Crippen molar-refractivity contribution in [2.24, 2.45) is 4.99 Å². The Bertz CT molecular complexity index is 588. The molecule has 1 saturated heterocycles. The van der Waals surface area contributed by atoms with Gasteiger partial charge in [-0.15, -0.1) is 24.0 Å².